The van der Waals surface area contributed by atoms with Crippen molar-refractivity contribution >= 4 is 5.91 Å². The van der Waals surface area contributed by atoms with E-state index in [-0.39, 0.29) is 18.6 Å². The fourth-order valence-corrected chi connectivity index (χ4v) is 5.25. The van der Waals surface area contributed by atoms with Crippen molar-refractivity contribution in [2.45, 2.75) is 72.4 Å². The summed E-state index contributed by atoms with van der Waals surface area (Å²) in [5, 5.41) is 0. The Hall–Kier alpha value is -1.59. The standard InChI is InChI=1S/C27H44N2O3/c1-19(2)22-8-10-25(31-6)23(16-22)17-28-11-13-29(14-12-28)27(30)18-32-26-15-21(5)7-9-24(26)20(3)4/h8,10,16,19-21,24,26H,7,9,11-15,17-18H2,1-6H3/t21-,24+,26-/m0/s1. The molecule has 0 radical (unpaired) electrons. The van der Waals surface area contributed by atoms with Crippen LogP contribution in [0.1, 0.15) is 70.9 Å². The lowest BCUT2D eigenvalue weighted by Crippen LogP contribution is -2.49. The Morgan fingerprint density at radius 2 is 1.81 bits per heavy atom. The van der Waals surface area contributed by atoms with Crippen molar-refractivity contribution < 1.29 is 14.3 Å². The van der Waals surface area contributed by atoms with Crippen LogP contribution in [0.5, 0.6) is 5.75 Å². The summed E-state index contributed by atoms with van der Waals surface area (Å²) in [6.07, 6.45) is 3.81. The Kier molecular flexibility index (Phi) is 9.01. The molecule has 0 unspecified atom stereocenters. The summed E-state index contributed by atoms with van der Waals surface area (Å²) in [6, 6.07) is 6.50. The van der Waals surface area contributed by atoms with E-state index in [0.717, 1.165) is 44.9 Å². The van der Waals surface area contributed by atoms with Crippen LogP contribution in [0.15, 0.2) is 18.2 Å². The normalized spacial score (nSPS) is 24.9. The summed E-state index contributed by atoms with van der Waals surface area (Å²) in [6.45, 7) is 15.7. The molecular weight excluding hydrogens is 400 g/mol. The molecule has 0 N–H and O–H groups in total. The van der Waals surface area contributed by atoms with Crippen LogP contribution >= 0.6 is 0 Å². The molecule has 1 aromatic carbocycles. The van der Waals surface area contributed by atoms with Crippen LogP contribution in [0, 0.1) is 17.8 Å². The van der Waals surface area contributed by atoms with E-state index >= 15 is 0 Å². The van der Waals surface area contributed by atoms with Crippen LogP contribution in [-0.4, -0.2) is 61.7 Å². The van der Waals surface area contributed by atoms with Crippen LogP contribution < -0.4 is 4.74 Å². The van der Waals surface area contributed by atoms with Crippen LogP contribution in [0.25, 0.3) is 0 Å². The van der Waals surface area contributed by atoms with Gasteiger partial charge in [0.05, 0.1) is 13.2 Å². The number of amides is 1. The van der Waals surface area contributed by atoms with E-state index in [0.29, 0.717) is 23.7 Å². The minimum Gasteiger partial charge on any atom is -0.496 e. The molecule has 1 aliphatic carbocycles. The first kappa shape index (κ1) is 25.0. The fourth-order valence-electron chi connectivity index (χ4n) is 5.25. The predicted octanol–water partition coefficient (Wildman–Crippen LogP) is 4.94. The van der Waals surface area contributed by atoms with E-state index in [4.69, 9.17) is 9.47 Å². The molecule has 1 aromatic rings. The van der Waals surface area contributed by atoms with E-state index in [1.807, 2.05) is 4.90 Å². The minimum atomic E-state index is 0.143. The van der Waals surface area contributed by atoms with Crippen molar-refractivity contribution in [3.63, 3.8) is 0 Å². The van der Waals surface area contributed by atoms with Gasteiger partial charge in [0, 0.05) is 38.3 Å². The number of nitrogens with zero attached hydrogens (tertiary/aromatic N) is 2. The topological polar surface area (TPSA) is 42.0 Å². The van der Waals surface area contributed by atoms with Gasteiger partial charge in [0.25, 0.3) is 0 Å². The minimum absolute atomic E-state index is 0.143. The predicted molar refractivity (Wildman–Crippen MR) is 130 cm³/mol. The van der Waals surface area contributed by atoms with Gasteiger partial charge < -0.3 is 14.4 Å². The molecule has 2 aliphatic rings. The smallest absolute Gasteiger partial charge is 0.248 e. The molecule has 1 heterocycles. The molecule has 5 heteroatoms. The van der Waals surface area contributed by atoms with Gasteiger partial charge in [-0.25, -0.2) is 0 Å². The van der Waals surface area contributed by atoms with Gasteiger partial charge in [-0.3, -0.25) is 9.69 Å². The number of hydrogen-bond acceptors (Lipinski definition) is 4. The maximum absolute atomic E-state index is 12.8. The third-order valence-electron chi connectivity index (χ3n) is 7.47. The number of hydrogen-bond donors (Lipinski definition) is 0. The molecule has 5 nitrogen and oxygen atoms in total. The fraction of sp³-hybridized carbons (Fsp3) is 0.741. The number of carbonyl (C=O) groups excluding carboxylic acids is 1. The highest BCUT2D eigenvalue weighted by atomic mass is 16.5. The summed E-state index contributed by atoms with van der Waals surface area (Å²) in [7, 11) is 1.74. The highest BCUT2D eigenvalue weighted by molar-refractivity contribution is 5.77. The summed E-state index contributed by atoms with van der Waals surface area (Å²) < 4.78 is 11.8. The Labute approximate surface area is 195 Å². The van der Waals surface area contributed by atoms with Crippen molar-refractivity contribution in [1.29, 1.82) is 0 Å². The molecule has 1 amide bonds. The zero-order valence-electron chi connectivity index (χ0n) is 21.1. The zero-order valence-corrected chi connectivity index (χ0v) is 21.1. The summed E-state index contributed by atoms with van der Waals surface area (Å²) in [4.78, 5) is 17.2. The lowest BCUT2D eigenvalue weighted by atomic mass is 9.75. The maximum atomic E-state index is 12.8. The molecule has 1 saturated heterocycles. The molecule has 0 aromatic heterocycles. The number of rotatable bonds is 8. The van der Waals surface area contributed by atoms with Crippen molar-refractivity contribution in [2.24, 2.45) is 17.8 Å². The number of ether oxygens (including phenoxy) is 2. The maximum Gasteiger partial charge on any atom is 0.248 e. The first-order valence-electron chi connectivity index (χ1n) is 12.6. The highest BCUT2D eigenvalue weighted by Crippen LogP contribution is 2.35. The van der Waals surface area contributed by atoms with Crippen LogP contribution in [0.2, 0.25) is 0 Å². The van der Waals surface area contributed by atoms with Gasteiger partial charge in [-0.05, 0) is 48.1 Å². The average molecular weight is 445 g/mol. The van der Waals surface area contributed by atoms with E-state index in [1.54, 1.807) is 7.11 Å². The highest BCUT2D eigenvalue weighted by Gasteiger charge is 2.32. The molecule has 0 bridgehead atoms. The van der Waals surface area contributed by atoms with Gasteiger partial charge in [-0.1, -0.05) is 53.2 Å². The largest absolute Gasteiger partial charge is 0.496 e. The Bertz CT molecular complexity index is 740. The second-order valence-electron chi connectivity index (χ2n) is 10.6. The van der Waals surface area contributed by atoms with Crippen LogP contribution in [-0.2, 0) is 16.1 Å². The Morgan fingerprint density at radius 3 is 2.44 bits per heavy atom. The Morgan fingerprint density at radius 1 is 1.09 bits per heavy atom. The van der Waals surface area contributed by atoms with Crippen LogP contribution in [0.4, 0.5) is 0 Å². The lowest BCUT2D eigenvalue weighted by molar-refractivity contribution is -0.143. The third kappa shape index (κ3) is 6.48. The molecular formula is C27H44N2O3. The first-order chi connectivity index (χ1) is 15.3. The average Bonchev–Trinajstić information content (AvgIpc) is 2.77. The molecule has 3 rings (SSSR count). The zero-order chi connectivity index (χ0) is 23.3. The van der Waals surface area contributed by atoms with Gasteiger partial charge in [0.1, 0.15) is 12.4 Å². The summed E-state index contributed by atoms with van der Waals surface area (Å²) >= 11 is 0. The monoisotopic (exact) mass is 444 g/mol. The molecule has 2 fully saturated rings. The molecule has 1 saturated carbocycles. The van der Waals surface area contributed by atoms with E-state index in [1.165, 1.54) is 24.0 Å². The summed E-state index contributed by atoms with van der Waals surface area (Å²) in [5.74, 6) is 3.47. The molecule has 3 atom stereocenters. The summed E-state index contributed by atoms with van der Waals surface area (Å²) in [5.41, 5.74) is 2.57. The molecule has 1 aliphatic heterocycles. The SMILES string of the molecule is COc1ccc(C(C)C)cc1CN1CCN(C(=O)CO[C@H]2C[C@@H](C)CC[C@@H]2C(C)C)CC1. The quantitative estimate of drug-likeness (QED) is 0.570. The first-order valence-corrected chi connectivity index (χ1v) is 12.6. The number of methoxy groups -OCH3 is 1. The number of benzene rings is 1. The van der Waals surface area contributed by atoms with Crippen molar-refractivity contribution in [3.8, 4) is 5.75 Å². The number of carbonyl (C=O) groups is 1. The van der Waals surface area contributed by atoms with Crippen molar-refractivity contribution in [2.75, 3.05) is 39.9 Å². The molecule has 180 valence electrons. The van der Waals surface area contributed by atoms with E-state index in [9.17, 15) is 4.79 Å². The van der Waals surface area contributed by atoms with Crippen LogP contribution in [0.3, 0.4) is 0 Å². The van der Waals surface area contributed by atoms with E-state index in [2.05, 4.69) is 57.7 Å². The van der Waals surface area contributed by atoms with Gasteiger partial charge >= 0.3 is 0 Å². The number of piperazine rings is 1. The Balaban J connectivity index is 1.49. The van der Waals surface area contributed by atoms with Gasteiger partial charge in [0.15, 0.2) is 0 Å². The van der Waals surface area contributed by atoms with Crippen molar-refractivity contribution in [3.05, 3.63) is 29.3 Å². The second-order valence-corrected chi connectivity index (χ2v) is 10.6. The molecule has 32 heavy (non-hydrogen) atoms. The van der Waals surface area contributed by atoms with Gasteiger partial charge in [-0.2, -0.15) is 0 Å². The molecule has 0 spiro atoms. The third-order valence-corrected chi connectivity index (χ3v) is 7.47. The van der Waals surface area contributed by atoms with Gasteiger partial charge in [0.2, 0.25) is 5.91 Å². The second kappa shape index (κ2) is 11.5. The van der Waals surface area contributed by atoms with Gasteiger partial charge in [-0.15, -0.1) is 0 Å². The van der Waals surface area contributed by atoms with E-state index < -0.39 is 0 Å². The van der Waals surface area contributed by atoms with Crippen molar-refractivity contribution in [1.82, 2.24) is 9.80 Å². The lowest BCUT2D eigenvalue weighted by Gasteiger charge is -2.38.